The maximum atomic E-state index is 13.4. The molecule has 4 rings (SSSR count). The highest BCUT2D eigenvalue weighted by molar-refractivity contribution is 6.42. The van der Waals surface area contributed by atoms with Crippen LogP contribution >= 0.6 is 35.6 Å². The zero-order valence-electron chi connectivity index (χ0n) is 18.4. The molecule has 2 aliphatic heterocycles. The first-order valence-electron chi connectivity index (χ1n) is 10.7. The quantitative estimate of drug-likeness (QED) is 0.548. The Morgan fingerprint density at radius 2 is 1.78 bits per heavy atom. The van der Waals surface area contributed by atoms with Gasteiger partial charge in [-0.25, -0.2) is 0 Å². The van der Waals surface area contributed by atoms with Crippen LogP contribution in [0.4, 0.5) is 0 Å². The number of rotatable bonds is 6. The molecular weight excluding hydrogens is 471 g/mol. The monoisotopic (exact) mass is 498 g/mol. The van der Waals surface area contributed by atoms with E-state index in [9.17, 15) is 4.79 Å². The summed E-state index contributed by atoms with van der Waals surface area (Å²) in [4.78, 5) is 17.9. The van der Waals surface area contributed by atoms with Crippen LogP contribution in [0.15, 0.2) is 30.3 Å². The van der Waals surface area contributed by atoms with Crippen molar-refractivity contribution in [3.63, 3.8) is 0 Å². The average Bonchev–Trinajstić information content (AvgIpc) is 3.28. The van der Waals surface area contributed by atoms with Gasteiger partial charge in [0.2, 0.25) is 5.91 Å². The fourth-order valence-corrected chi connectivity index (χ4v) is 5.08. The van der Waals surface area contributed by atoms with Gasteiger partial charge in [-0.2, -0.15) is 0 Å². The highest BCUT2D eigenvalue weighted by atomic mass is 35.5. The first-order valence-corrected chi connectivity index (χ1v) is 11.5. The topological polar surface area (TPSA) is 42.0 Å². The second-order valence-corrected chi connectivity index (χ2v) is 8.97. The second kappa shape index (κ2) is 11.0. The van der Waals surface area contributed by atoms with Gasteiger partial charge in [-0.1, -0.05) is 35.3 Å². The molecule has 0 saturated carbocycles. The summed E-state index contributed by atoms with van der Waals surface area (Å²) in [7, 11) is 3.33. The van der Waals surface area contributed by atoms with Gasteiger partial charge in [0.05, 0.1) is 36.7 Å². The molecule has 1 saturated heterocycles. The Bertz CT molecular complexity index is 964. The van der Waals surface area contributed by atoms with Crippen LogP contribution in [0.5, 0.6) is 11.5 Å². The third-order valence-electron chi connectivity index (χ3n) is 6.31. The summed E-state index contributed by atoms with van der Waals surface area (Å²) >= 11 is 12.2. The first kappa shape index (κ1) is 25.0. The number of hydrogen-bond donors (Lipinski definition) is 0. The number of carbonyl (C=O) groups is 1. The van der Waals surface area contributed by atoms with E-state index in [4.69, 9.17) is 32.7 Å². The number of ether oxygens (including phenoxy) is 2. The molecule has 8 heteroatoms. The molecule has 5 nitrogen and oxygen atoms in total. The van der Waals surface area contributed by atoms with Crippen molar-refractivity contribution in [2.24, 2.45) is 0 Å². The van der Waals surface area contributed by atoms with E-state index in [-0.39, 0.29) is 24.4 Å². The molecule has 2 heterocycles. The fourth-order valence-electron chi connectivity index (χ4n) is 4.76. The van der Waals surface area contributed by atoms with Crippen molar-refractivity contribution in [1.82, 2.24) is 9.80 Å². The van der Waals surface area contributed by atoms with Crippen molar-refractivity contribution in [3.8, 4) is 11.5 Å². The maximum Gasteiger partial charge on any atom is 0.227 e. The maximum absolute atomic E-state index is 13.4. The van der Waals surface area contributed by atoms with E-state index < -0.39 is 0 Å². The summed E-state index contributed by atoms with van der Waals surface area (Å²) in [5, 5.41) is 0.971. The van der Waals surface area contributed by atoms with Crippen molar-refractivity contribution >= 4 is 41.5 Å². The van der Waals surface area contributed by atoms with Crippen molar-refractivity contribution in [1.29, 1.82) is 0 Å². The lowest BCUT2D eigenvalue weighted by molar-refractivity contribution is -0.133. The number of hydrogen-bond acceptors (Lipinski definition) is 4. The van der Waals surface area contributed by atoms with Crippen LogP contribution in [-0.4, -0.2) is 56.1 Å². The van der Waals surface area contributed by atoms with E-state index >= 15 is 0 Å². The molecule has 2 aromatic rings. The molecule has 1 fully saturated rings. The lowest BCUT2D eigenvalue weighted by atomic mass is 9.90. The van der Waals surface area contributed by atoms with Crippen LogP contribution in [-0.2, 0) is 17.6 Å². The molecule has 1 unspecified atom stereocenters. The molecule has 174 valence electrons. The van der Waals surface area contributed by atoms with Crippen molar-refractivity contribution in [3.05, 3.63) is 57.1 Å². The molecule has 0 radical (unpaired) electrons. The van der Waals surface area contributed by atoms with Crippen LogP contribution < -0.4 is 9.47 Å². The van der Waals surface area contributed by atoms with Gasteiger partial charge in [-0.3, -0.25) is 4.79 Å². The van der Waals surface area contributed by atoms with Gasteiger partial charge in [-0.15, -0.1) is 12.4 Å². The Balaban J connectivity index is 0.00000289. The molecule has 0 aromatic heterocycles. The Morgan fingerprint density at radius 3 is 2.44 bits per heavy atom. The third-order valence-corrected chi connectivity index (χ3v) is 7.05. The van der Waals surface area contributed by atoms with E-state index in [1.165, 1.54) is 12.8 Å². The molecule has 2 aromatic carbocycles. The fraction of sp³-hybridized carbons (Fsp3) is 0.458. The van der Waals surface area contributed by atoms with E-state index in [1.807, 2.05) is 17.0 Å². The zero-order valence-corrected chi connectivity index (χ0v) is 20.7. The number of carbonyl (C=O) groups excluding carboxylic acids is 1. The SMILES string of the molecule is COc1ccc2c(c1OC)CCN(C(=O)Cc1ccc(Cl)c(Cl)c1)C2CN1CCCC1.Cl. The van der Waals surface area contributed by atoms with Crippen LogP contribution in [0, 0.1) is 0 Å². The minimum Gasteiger partial charge on any atom is -0.493 e. The van der Waals surface area contributed by atoms with Gasteiger partial charge in [0.1, 0.15) is 0 Å². The molecular formula is C24H29Cl3N2O3. The predicted molar refractivity (Wildman–Crippen MR) is 131 cm³/mol. The van der Waals surface area contributed by atoms with Gasteiger partial charge in [-0.05, 0) is 61.7 Å². The van der Waals surface area contributed by atoms with E-state index in [0.717, 1.165) is 54.2 Å². The summed E-state index contributed by atoms with van der Waals surface area (Å²) in [5.41, 5.74) is 3.17. The third kappa shape index (κ3) is 5.12. The largest absolute Gasteiger partial charge is 0.493 e. The van der Waals surface area contributed by atoms with Crippen LogP contribution in [0.3, 0.4) is 0 Å². The number of nitrogens with zero attached hydrogens (tertiary/aromatic N) is 2. The Morgan fingerprint density at radius 1 is 1.03 bits per heavy atom. The molecule has 1 amide bonds. The number of benzene rings is 2. The summed E-state index contributed by atoms with van der Waals surface area (Å²) in [6.45, 7) is 3.63. The Labute approximate surface area is 206 Å². The predicted octanol–water partition coefficient (Wildman–Crippen LogP) is 5.20. The lowest BCUT2D eigenvalue weighted by Crippen LogP contribution is -2.45. The van der Waals surface area contributed by atoms with Crippen LogP contribution in [0.25, 0.3) is 0 Å². The van der Waals surface area contributed by atoms with E-state index in [1.54, 1.807) is 26.4 Å². The van der Waals surface area contributed by atoms with Gasteiger partial charge >= 0.3 is 0 Å². The minimum absolute atomic E-state index is 0. The van der Waals surface area contributed by atoms with Crippen molar-refractivity contribution in [2.75, 3.05) is 40.4 Å². The van der Waals surface area contributed by atoms with Gasteiger partial charge in [0.25, 0.3) is 0 Å². The van der Waals surface area contributed by atoms with Gasteiger partial charge < -0.3 is 19.3 Å². The molecule has 0 spiro atoms. The molecule has 1 atom stereocenters. The summed E-state index contributed by atoms with van der Waals surface area (Å²) in [6.07, 6.45) is 3.46. The Hall–Kier alpha value is -1.66. The number of halogens is 3. The smallest absolute Gasteiger partial charge is 0.227 e. The zero-order chi connectivity index (χ0) is 22.0. The number of methoxy groups -OCH3 is 2. The molecule has 2 aliphatic rings. The van der Waals surface area contributed by atoms with Crippen LogP contribution in [0.1, 0.15) is 35.6 Å². The molecule has 32 heavy (non-hydrogen) atoms. The van der Waals surface area contributed by atoms with Crippen molar-refractivity contribution in [2.45, 2.75) is 31.7 Å². The van der Waals surface area contributed by atoms with Crippen molar-refractivity contribution < 1.29 is 14.3 Å². The molecule has 0 N–H and O–H groups in total. The van der Waals surface area contributed by atoms with E-state index in [0.29, 0.717) is 23.0 Å². The summed E-state index contributed by atoms with van der Waals surface area (Å²) in [6, 6.07) is 9.42. The summed E-state index contributed by atoms with van der Waals surface area (Å²) in [5.74, 6) is 1.61. The summed E-state index contributed by atoms with van der Waals surface area (Å²) < 4.78 is 11.2. The standard InChI is InChI=1S/C24H28Cl2N2O3.ClH/c1-30-22-8-6-17-18(24(22)31-2)9-12-28(21(17)15-27-10-3-4-11-27)23(29)14-16-5-7-19(25)20(26)13-16;/h5-8,13,21H,3-4,9-12,14-15H2,1-2H3;1H. The highest BCUT2D eigenvalue weighted by Gasteiger charge is 2.35. The second-order valence-electron chi connectivity index (χ2n) is 8.15. The van der Waals surface area contributed by atoms with E-state index in [2.05, 4.69) is 11.0 Å². The number of likely N-dealkylation sites (tertiary alicyclic amines) is 1. The lowest BCUT2D eigenvalue weighted by Gasteiger charge is -2.40. The molecule has 0 aliphatic carbocycles. The normalized spacial score (nSPS) is 18.1. The van der Waals surface area contributed by atoms with Gasteiger partial charge in [0, 0.05) is 18.7 Å². The van der Waals surface area contributed by atoms with Crippen LogP contribution in [0.2, 0.25) is 10.0 Å². The Kier molecular flexibility index (Phi) is 8.56. The number of amides is 1. The number of fused-ring (bicyclic) bond motifs is 1. The first-order chi connectivity index (χ1) is 15.0. The molecule has 0 bridgehead atoms. The minimum atomic E-state index is -0.0167. The highest BCUT2D eigenvalue weighted by Crippen LogP contribution is 2.41. The average molecular weight is 500 g/mol. The van der Waals surface area contributed by atoms with Gasteiger partial charge in [0.15, 0.2) is 11.5 Å².